The van der Waals surface area contributed by atoms with Crippen LogP contribution in [0, 0.1) is 0 Å². The van der Waals surface area contributed by atoms with Gasteiger partial charge in [-0.05, 0) is 38.9 Å². The Morgan fingerprint density at radius 2 is 1.91 bits per heavy atom. The highest BCUT2D eigenvalue weighted by atomic mass is 32.2. The minimum absolute atomic E-state index is 0.540. The second-order valence-corrected chi connectivity index (χ2v) is 6.07. The van der Waals surface area contributed by atoms with E-state index in [0.717, 1.165) is 16.7 Å². The number of hydrogen-bond acceptors (Lipinski definition) is 5. The number of nitrogens with zero attached hydrogens (tertiary/aromatic N) is 4. The zero-order chi connectivity index (χ0) is 15.5. The van der Waals surface area contributed by atoms with Crippen molar-refractivity contribution in [3.8, 4) is 0 Å². The first-order valence-electron chi connectivity index (χ1n) is 7.28. The molecule has 0 fully saturated rings. The largest absolute Gasteiger partial charge is 0.467 e. The van der Waals surface area contributed by atoms with Crippen LogP contribution in [0.4, 0.5) is 0 Å². The average molecular weight is 322 g/mol. The van der Waals surface area contributed by atoms with Crippen molar-refractivity contribution in [2.45, 2.75) is 17.5 Å². The van der Waals surface area contributed by atoms with E-state index in [9.17, 15) is 0 Å². The third-order valence-corrected chi connectivity index (χ3v) is 4.63. The van der Waals surface area contributed by atoms with Crippen LogP contribution in [0.3, 0.4) is 0 Å². The number of thioether (sulfide) groups is 1. The zero-order valence-corrected chi connectivity index (χ0v) is 13.1. The lowest BCUT2D eigenvalue weighted by Crippen LogP contribution is -2.03. The highest BCUT2D eigenvalue weighted by molar-refractivity contribution is 7.98. The molecule has 0 aliphatic heterocycles. The van der Waals surface area contributed by atoms with Gasteiger partial charge in [-0.25, -0.2) is 4.68 Å². The van der Waals surface area contributed by atoms with E-state index in [2.05, 4.69) is 58.0 Å². The van der Waals surface area contributed by atoms with Crippen molar-refractivity contribution in [3.05, 3.63) is 72.2 Å². The molecule has 4 aromatic rings. The standard InChI is InChI=1S/C17H14N4OS/c1-2-9-16-13(5-1)6-3-7-14(16)12-23-17-18-19-20-21(17)11-15-8-4-10-22-15/h1-10H,11-12H2. The van der Waals surface area contributed by atoms with Crippen LogP contribution in [0.15, 0.2) is 70.4 Å². The first kappa shape index (κ1) is 14.0. The van der Waals surface area contributed by atoms with Gasteiger partial charge in [-0.15, -0.1) is 5.10 Å². The Morgan fingerprint density at radius 1 is 1.00 bits per heavy atom. The maximum Gasteiger partial charge on any atom is 0.210 e. The first-order valence-corrected chi connectivity index (χ1v) is 8.27. The first-order chi connectivity index (χ1) is 11.4. The third-order valence-electron chi connectivity index (χ3n) is 3.62. The molecule has 0 spiro atoms. The summed E-state index contributed by atoms with van der Waals surface area (Å²) >= 11 is 1.63. The van der Waals surface area contributed by atoms with Gasteiger partial charge in [0, 0.05) is 5.75 Å². The lowest BCUT2D eigenvalue weighted by molar-refractivity contribution is 0.462. The fourth-order valence-corrected chi connectivity index (χ4v) is 3.39. The molecule has 0 saturated carbocycles. The van der Waals surface area contributed by atoms with Gasteiger partial charge in [0.15, 0.2) is 0 Å². The van der Waals surface area contributed by atoms with Crippen LogP contribution in [-0.4, -0.2) is 20.2 Å². The Kier molecular flexibility index (Phi) is 3.81. The van der Waals surface area contributed by atoms with Crippen molar-refractivity contribution >= 4 is 22.5 Å². The predicted molar refractivity (Wildman–Crippen MR) is 89.1 cm³/mol. The summed E-state index contributed by atoms with van der Waals surface area (Å²) in [4.78, 5) is 0. The number of aromatic nitrogens is 4. The van der Waals surface area contributed by atoms with Gasteiger partial charge in [0.05, 0.1) is 6.26 Å². The molecule has 0 aliphatic carbocycles. The van der Waals surface area contributed by atoms with Crippen molar-refractivity contribution in [2.75, 3.05) is 0 Å². The zero-order valence-electron chi connectivity index (χ0n) is 12.3. The molecule has 23 heavy (non-hydrogen) atoms. The molecule has 2 aromatic heterocycles. The van der Waals surface area contributed by atoms with Crippen LogP contribution in [-0.2, 0) is 12.3 Å². The van der Waals surface area contributed by atoms with E-state index in [1.807, 2.05) is 12.1 Å². The van der Waals surface area contributed by atoms with Crippen molar-refractivity contribution in [1.82, 2.24) is 20.2 Å². The molecule has 0 N–H and O–H groups in total. The number of furan rings is 1. The van der Waals surface area contributed by atoms with E-state index in [0.29, 0.717) is 6.54 Å². The van der Waals surface area contributed by atoms with Crippen LogP contribution in [0.25, 0.3) is 10.8 Å². The minimum atomic E-state index is 0.540. The van der Waals surface area contributed by atoms with Gasteiger partial charge in [0.25, 0.3) is 0 Å². The van der Waals surface area contributed by atoms with E-state index < -0.39 is 0 Å². The lowest BCUT2D eigenvalue weighted by Gasteiger charge is -2.06. The van der Waals surface area contributed by atoms with Gasteiger partial charge >= 0.3 is 0 Å². The van der Waals surface area contributed by atoms with Crippen LogP contribution >= 0.6 is 11.8 Å². The summed E-state index contributed by atoms with van der Waals surface area (Å²) in [5.41, 5.74) is 1.28. The van der Waals surface area contributed by atoms with Crippen LogP contribution in [0.5, 0.6) is 0 Å². The van der Waals surface area contributed by atoms with Crippen molar-refractivity contribution in [2.24, 2.45) is 0 Å². The van der Waals surface area contributed by atoms with E-state index in [4.69, 9.17) is 4.42 Å². The van der Waals surface area contributed by atoms with E-state index in [1.165, 1.54) is 16.3 Å². The highest BCUT2D eigenvalue weighted by Crippen LogP contribution is 2.26. The quantitative estimate of drug-likeness (QED) is 0.524. The summed E-state index contributed by atoms with van der Waals surface area (Å²) in [5.74, 6) is 1.66. The van der Waals surface area contributed by atoms with Crippen molar-refractivity contribution in [3.63, 3.8) is 0 Å². The van der Waals surface area contributed by atoms with Crippen LogP contribution in [0.1, 0.15) is 11.3 Å². The molecule has 0 aliphatic rings. The molecule has 6 heteroatoms. The Bertz CT molecular complexity index is 912. The van der Waals surface area contributed by atoms with E-state index >= 15 is 0 Å². The maximum absolute atomic E-state index is 5.36. The molecule has 0 saturated heterocycles. The topological polar surface area (TPSA) is 56.7 Å². The Hall–Kier alpha value is -2.60. The molecule has 0 atom stereocenters. The second kappa shape index (κ2) is 6.26. The molecule has 114 valence electrons. The molecule has 4 rings (SSSR count). The van der Waals surface area contributed by atoms with Gasteiger partial charge < -0.3 is 4.42 Å². The third kappa shape index (κ3) is 2.98. The Labute approximate surface area is 137 Å². The van der Waals surface area contributed by atoms with E-state index in [-0.39, 0.29) is 0 Å². The van der Waals surface area contributed by atoms with Gasteiger partial charge in [0.2, 0.25) is 5.16 Å². The summed E-state index contributed by atoms with van der Waals surface area (Å²) in [6, 6.07) is 18.6. The van der Waals surface area contributed by atoms with Crippen LogP contribution < -0.4 is 0 Å². The van der Waals surface area contributed by atoms with E-state index in [1.54, 1.807) is 22.7 Å². The summed E-state index contributed by atoms with van der Waals surface area (Å²) in [5, 5.41) is 15.2. The molecule has 0 radical (unpaired) electrons. The molecule has 0 amide bonds. The summed E-state index contributed by atoms with van der Waals surface area (Å²) in [6.07, 6.45) is 1.66. The number of tetrazole rings is 1. The molecule has 0 bridgehead atoms. The molecular weight excluding hydrogens is 308 g/mol. The highest BCUT2D eigenvalue weighted by Gasteiger charge is 2.10. The monoisotopic (exact) mass is 322 g/mol. The van der Waals surface area contributed by atoms with Gasteiger partial charge in [-0.3, -0.25) is 0 Å². The molecule has 2 aromatic carbocycles. The number of hydrogen-bond donors (Lipinski definition) is 0. The Balaban J connectivity index is 1.54. The summed E-state index contributed by atoms with van der Waals surface area (Å²) in [6.45, 7) is 0.540. The van der Waals surface area contributed by atoms with Crippen LogP contribution in [0.2, 0.25) is 0 Å². The molecule has 5 nitrogen and oxygen atoms in total. The average Bonchev–Trinajstić information content (AvgIpc) is 3.25. The maximum atomic E-state index is 5.36. The fraction of sp³-hybridized carbons (Fsp3) is 0.118. The number of rotatable bonds is 5. The molecular formula is C17H14N4OS. The summed E-state index contributed by atoms with van der Waals surface area (Å²) < 4.78 is 7.12. The van der Waals surface area contributed by atoms with Gasteiger partial charge in [-0.2, -0.15) is 0 Å². The van der Waals surface area contributed by atoms with Crippen molar-refractivity contribution in [1.29, 1.82) is 0 Å². The smallest absolute Gasteiger partial charge is 0.210 e. The normalized spacial score (nSPS) is 11.1. The Morgan fingerprint density at radius 3 is 2.83 bits per heavy atom. The SMILES string of the molecule is c1coc(Cn2nnnc2SCc2cccc3ccccc23)c1. The fourth-order valence-electron chi connectivity index (χ4n) is 2.51. The lowest BCUT2D eigenvalue weighted by atomic mass is 10.1. The number of benzene rings is 2. The summed E-state index contributed by atoms with van der Waals surface area (Å²) in [7, 11) is 0. The van der Waals surface area contributed by atoms with Crippen molar-refractivity contribution < 1.29 is 4.42 Å². The predicted octanol–water partition coefficient (Wildman–Crippen LogP) is 3.76. The second-order valence-electron chi connectivity index (χ2n) is 5.13. The van der Waals surface area contributed by atoms with Gasteiger partial charge in [0.1, 0.15) is 12.3 Å². The minimum Gasteiger partial charge on any atom is -0.467 e. The van der Waals surface area contributed by atoms with Gasteiger partial charge in [-0.1, -0.05) is 54.2 Å². The number of fused-ring (bicyclic) bond motifs is 1. The molecule has 2 heterocycles. The molecule has 0 unspecified atom stereocenters.